The zero-order chi connectivity index (χ0) is 25.7. The molecular weight excluding hydrogens is 501 g/mol. The molecule has 0 unspecified atom stereocenters. The number of fused-ring (bicyclic) bond motifs is 1. The Morgan fingerprint density at radius 1 is 1.19 bits per heavy atom. The maximum Gasteiger partial charge on any atom is 0.326 e. The van der Waals surface area contributed by atoms with Gasteiger partial charge in [0.15, 0.2) is 0 Å². The van der Waals surface area contributed by atoms with E-state index in [1.807, 2.05) is 6.07 Å². The smallest absolute Gasteiger partial charge is 0.326 e. The SMILES string of the molecule is N#Cc1cc(Cl)c(C(=O)N[C@@H](CCOC2CC(CCc3ccc4c(n3)CCCC4)C2)C(=O)O)c(Cl)c1. The number of aliphatic carboxylic acids is 1. The molecule has 36 heavy (non-hydrogen) atoms. The molecule has 1 fully saturated rings. The molecular formula is C27H29Cl2N3O4. The van der Waals surface area contributed by atoms with Crippen LogP contribution in [0.3, 0.4) is 0 Å². The molecule has 0 aliphatic heterocycles. The number of nitriles is 1. The number of carboxylic acids is 1. The quantitative estimate of drug-likeness (QED) is 0.440. The summed E-state index contributed by atoms with van der Waals surface area (Å²) in [5.74, 6) is -1.29. The second-order valence-electron chi connectivity index (χ2n) is 9.56. The van der Waals surface area contributed by atoms with Gasteiger partial charge in [0.1, 0.15) is 6.04 Å². The number of hydrogen-bond acceptors (Lipinski definition) is 5. The van der Waals surface area contributed by atoms with Crippen molar-refractivity contribution in [1.29, 1.82) is 5.26 Å². The van der Waals surface area contributed by atoms with Gasteiger partial charge in [0.2, 0.25) is 0 Å². The molecule has 2 aliphatic rings. The molecule has 7 nitrogen and oxygen atoms in total. The van der Waals surface area contributed by atoms with Crippen LogP contribution in [0.5, 0.6) is 0 Å². The fraction of sp³-hybridized carbons (Fsp3) is 0.481. The highest BCUT2D eigenvalue weighted by atomic mass is 35.5. The van der Waals surface area contributed by atoms with Crippen LogP contribution in [0.25, 0.3) is 0 Å². The number of aryl methyl sites for hydroxylation is 3. The third-order valence-corrected chi connectivity index (χ3v) is 7.59. The number of nitrogens with zero attached hydrogens (tertiary/aromatic N) is 2. The van der Waals surface area contributed by atoms with Crippen molar-refractivity contribution < 1.29 is 19.4 Å². The second-order valence-corrected chi connectivity index (χ2v) is 10.4. The van der Waals surface area contributed by atoms with Gasteiger partial charge >= 0.3 is 5.97 Å². The number of halogens is 2. The monoisotopic (exact) mass is 529 g/mol. The van der Waals surface area contributed by atoms with Crippen LogP contribution in [0.1, 0.15) is 71.4 Å². The first-order chi connectivity index (χ1) is 17.3. The maximum atomic E-state index is 12.6. The summed E-state index contributed by atoms with van der Waals surface area (Å²) in [6.07, 6.45) is 8.90. The number of carbonyl (C=O) groups is 2. The molecule has 0 saturated heterocycles. The van der Waals surface area contributed by atoms with Gasteiger partial charge in [-0.25, -0.2) is 4.79 Å². The highest BCUT2D eigenvalue weighted by molar-refractivity contribution is 6.39. The van der Waals surface area contributed by atoms with Gasteiger partial charge in [-0.1, -0.05) is 29.3 Å². The van der Waals surface area contributed by atoms with E-state index in [0.717, 1.165) is 38.5 Å². The average molecular weight is 530 g/mol. The molecule has 1 atom stereocenters. The minimum Gasteiger partial charge on any atom is -0.480 e. The van der Waals surface area contributed by atoms with Crippen LogP contribution in [0.2, 0.25) is 10.0 Å². The lowest BCUT2D eigenvalue weighted by Gasteiger charge is -2.35. The predicted octanol–water partition coefficient (Wildman–Crippen LogP) is 5.14. The van der Waals surface area contributed by atoms with Gasteiger partial charge in [-0.3, -0.25) is 9.78 Å². The average Bonchev–Trinajstić information content (AvgIpc) is 2.83. The van der Waals surface area contributed by atoms with Crippen molar-refractivity contribution in [3.63, 3.8) is 0 Å². The fourth-order valence-corrected chi connectivity index (χ4v) is 5.52. The predicted molar refractivity (Wildman–Crippen MR) is 136 cm³/mol. The summed E-state index contributed by atoms with van der Waals surface area (Å²) in [6, 6.07) is 7.79. The number of ether oxygens (including phenoxy) is 1. The Balaban J connectivity index is 1.19. The van der Waals surface area contributed by atoms with Crippen molar-refractivity contribution in [1.82, 2.24) is 10.3 Å². The van der Waals surface area contributed by atoms with E-state index in [1.54, 1.807) is 0 Å². The van der Waals surface area contributed by atoms with Gasteiger partial charge in [0, 0.05) is 24.4 Å². The van der Waals surface area contributed by atoms with E-state index in [4.69, 9.17) is 38.2 Å². The Morgan fingerprint density at radius 3 is 2.61 bits per heavy atom. The van der Waals surface area contributed by atoms with Crippen LogP contribution in [0.15, 0.2) is 24.3 Å². The first kappa shape index (κ1) is 26.4. The molecule has 2 N–H and O–H groups in total. The van der Waals surface area contributed by atoms with Crippen LogP contribution < -0.4 is 5.32 Å². The minimum absolute atomic E-state index is 0.0111. The highest BCUT2D eigenvalue weighted by Gasteiger charge is 2.30. The van der Waals surface area contributed by atoms with Crippen LogP contribution in [0, 0.1) is 17.2 Å². The molecule has 1 aromatic carbocycles. The Morgan fingerprint density at radius 2 is 1.92 bits per heavy atom. The topological polar surface area (TPSA) is 112 Å². The molecule has 4 rings (SSSR count). The Bertz CT molecular complexity index is 1150. The van der Waals surface area contributed by atoms with Crippen molar-refractivity contribution in [3.05, 3.63) is 62.4 Å². The summed E-state index contributed by atoms with van der Waals surface area (Å²) in [5.41, 5.74) is 4.00. The van der Waals surface area contributed by atoms with Gasteiger partial charge < -0.3 is 15.2 Å². The lowest BCUT2D eigenvalue weighted by molar-refractivity contribution is -0.140. The third-order valence-electron chi connectivity index (χ3n) is 7.00. The number of rotatable bonds is 10. The van der Waals surface area contributed by atoms with Gasteiger partial charge in [0.05, 0.1) is 33.3 Å². The van der Waals surface area contributed by atoms with Gasteiger partial charge in [0.25, 0.3) is 5.91 Å². The van der Waals surface area contributed by atoms with Crippen LogP contribution in [-0.2, 0) is 28.8 Å². The largest absolute Gasteiger partial charge is 0.480 e. The first-order valence-electron chi connectivity index (χ1n) is 12.4. The zero-order valence-corrected chi connectivity index (χ0v) is 21.4. The van der Waals surface area contributed by atoms with E-state index in [2.05, 4.69) is 17.4 Å². The normalized spacial score (nSPS) is 19.5. The van der Waals surface area contributed by atoms with E-state index in [9.17, 15) is 14.7 Å². The lowest BCUT2D eigenvalue weighted by atomic mass is 9.79. The summed E-state index contributed by atoms with van der Waals surface area (Å²) >= 11 is 12.2. The van der Waals surface area contributed by atoms with Crippen molar-refractivity contribution in [2.75, 3.05) is 6.61 Å². The molecule has 1 saturated carbocycles. The number of carboxylic acid groups (broad SMARTS) is 1. The molecule has 9 heteroatoms. The lowest BCUT2D eigenvalue weighted by Crippen LogP contribution is -2.42. The van der Waals surface area contributed by atoms with Gasteiger partial charge in [-0.05, 0) is 81.0 Å². The summed E-state index contributed by atoms with van der Waals surface area (Å²) in [7, 11) is 0. The number of benzene rings is 1. The molecule has 2 aliphatic carbocycles. The third kappa shape index (κ3) is 6.56. The molecule has 0 bridgehead atoms. The van der Waals surface area contributed by atoms with Gasteiger partial charge in [-0.15, -0.1) is 0 Å². The van der Waals surface area contributed by atoms with Crippen molar-refractivity contribution in [2.45, 2.75) is 69.9 Å². The van der Waals surface area contributed by atoms with Crippen molar-refractivity contribution in [2.24, 2.45) is 5.92 Å². The van der Waals surface area contributed by atoms with Gasteiger partial charge in [-0.2, -0.15) is 5.26 Å². The Hall–Kier alpha value is -2.66. The van der Waals surface area contributed by atoms with Crippen molar-refractivity contribution in [3.8, 4) is 6.07 Å². The molecule has 1 heterocycles. The summed E-state index contributed by atoms with van der Waals surface area (Å²) in [4.78, 5) is 29.1. The first-order valence-corrected chi connectivity index (χ1v) is 13.1. The molecule has 0 radical (unpaired) electrons. The van der Waals surface area contributed by atoms with E-state index >= 15 is 0 Å². The molecule has 1 amide bonds. The number of hydrogen-bond donors (Lipinski definition) is 2. The number of aromatic nitrogens is 1. The molecule has 190 valence electrons. The highest BCUT2D eigenvalue weighted by Crippen LogP contribution is 2.34. The van der Waals surface area contributed by atoms with Crippen molar-refractivity contribution >= 4 is 35.1 Å². The maximum absolute atomic E-state index is 12.6. The van der Waals surface area contributed by atoms with E-state index in [0.29, 0.717) is 5.92 Å². The molecule has 1 aromatic heterocycles. The molecule has 0 spiro atoms. The second kappa shape index (κ2) is 12.1. The fourth-order valence-electron chi connectivity index (χ4n) is 4.86. The zero-order valence-electron chi connectivity index (χ0n) is 19.9. The Kier molecular flexibility index (Phi) is 8.84. The van der Waals surface area contributed by atoms with E-state index in [1.165, 1.54) is 41.9 Å². The Labute approximate surface area is 220 Å². The molecule has 2 aromatic rings. The summed E-state index contributed by atoms with van der Waals surface area (Å²) in [6.45, 7) is 0.218. The minimum atomic E-state index is -1.17. The standard InChI is InChI=1S/C27H29Cl2N3O4/c28-21-13-17(15-30)14-22(29)25(21)26(33)32-24(27(34)35)9-10-36-20-11-16(12-20)5-7-19-8-6-18-3-1-2-4-23(18)31-19/h6,8,13-14,16,20,24H,1-5,7,9-12H2,(H,32,33)(H,34,35)/t16?,20?,24-/m0/s1. The van der Waals surface area contributed by atoms with E-state index < -0.39 is 17.9 Å². The van der Waals surface area contributed by atoms with Crippen LogP contribution in [-0.4, -0.2) is 40.7 Å². The number of carbonyl (C=O) groups excluding carboxylic acids is 1. The van der Waals surface area contributed by atoms with E-state index in [-0.39, 0.29) is 40.3 Å². The number of pyridine rings is 1. The number of amides is 1. The van der Waals surface area contributed by atoms with Crippen LogP contribution >= 0.6 is 23.2 Å². The summed E-state index contributed by atoms with van der Waals surface area (Å²) < 4.78 is 5.86. The summed E-state index contributed by atoms with van der Waals surface area (Å²) in [5, 5.41) is 20.9. The van der Waals surface area contributed by atoms with Crippen LogP contribution in [0.4, 0.5) is 0 Å². The number of nitrogens with one attached hydrogen (secondary N) is 1.